The van der Waals surface area contributed by atoms with Crippen molar-refractivity contribution in [2.75, 3.05) is 11.4 Å². The van der Waals surface area contributed by atoms with E-state index in [1.54, 1.807) is 0 Å². The van der Waals surface area contributed by atoms with Crippen LogP contribution in [0.3, 0.4) is 0 Å². The maximum atomic E-state index is 9.38. The Morgan fingerprint density at radius 3 is 2.65 bits per heavy atom. The van der Waals surface area contributed by atoms with E-state index in [9.17, 15) is 5.11 Å². The Labute approximate surface area is 154 Å². The number of hydrogen-bond acceptors (Lipinski definition) is 6. The zero-order valence-corrected chi connectivity index (χ0v) is 15.5. The first-order valence-electron chi connectivity index (χ1n) is 9.44. The van der Waals surface area contributed by atoms with E-state index in [0.29, 0.717) is 17.8 Å². The summed E-state index contributed by atoms with van der Waals surface area (Å²) in [4.78, 5) is 15.5. The molecule has 0 unspecified atom stereocenters. The molecule has 1 saturated carbocycles. The Kier molecular flexibility index (Phi) is 4.53. The number of pyridine rings is 1. The number of ether oxygens (including phenoxy) is 1. The molecule has 1 aliphatic carbocycles. The van der Waals surface area contributed by atoms with Gasteiger partial charge in [-0.1, -0.05) is 20.3 Å². The monoisotopic (exact) mass is 354 g/mol. The molecule has 1 fully saturated rings. The summed E-state index contributed by atoms with van der Waals surface area (Å²) in [5, 5.41) is 9.38. The highest BCUT2D eigenvalue weighted by Gasteiger charge is 2.37. The molecule has 2 aliphatic rings. The van der Waals surface area contributed by atoms with Gasteiger partial charge in [-0.25, -0.2) is 15.0 Å². The van der Waals surface area contributed by atoms with Crippen molar-refractivity contribution in [1.82, 2.24) is 15.0 Å². The minimum atomic E-state index is -0.159. The highest BCUT2D eigenvalue weighted by molar-refractivity contribution is 5.68. The van der Waals surface area contributed by atoms with Gasteiger partial charge in [0.25, 0.3) is 0 Å². The molecule has 1 N–H and O–H groups in total. The molecule has 6 heteroatoms. The molecule has 26 heavy (non-hydrogen) atoms. The van der Waals surface area contributed by atoms with Gasteiger partial charge in [-0.15, -0.1) is 0 Å². The zero-order chi connectivity index (χ0) is 18.1. The summed E-state index contributed by atoms with van der Waals surface area (Å²) in [6.07, 6.45) is 10.0. The van der Waals surface area contributed by atoms with E-state index in [4.69, 9.17) is 4.74 Å². The standard InChI is InChI=1S/C20H26N4O2/c1-20(2)13-24(19-16(20)11-21-17(12-25)23-19)14-8-9-18(22-10-14)26-15-6-4-3-5-7-15/h8-11,15,25H,3-7,12-13H2,1-2H3. The largest absolute Gasteiger partial charge is 0.474 e. The summed E-state index contributed by atoms with van der Waals surface area (Å²) in [6, 6.07) is 3.99. The average Bonchev–Trinajstić information content (AvgIpc) is 2.94. The molecule has 4 rings (SSSR count). The quantitative estimate of drug-likeness (QED) is 0.906. The van der Waals surface area contributed by atoms with Gasteiger partial charge in [-0.3, -0.25) is 0 Å². The van der Waals surface area contributed by atoms with Crippen LogP contribution in [0.4, 0.5) is 11.5 Å². The second-order valence-electron chi connectivity index (χ2n) is 7.88. The summed E-state index contributed by atoms with van der Waals surface area (Å²) in [7, 11) is 0. The molecule has 0 aromatic carbocycles. The maximum Gasteiger partial charge on any atom is 0.213 e. The minimum absolute atomic E-state index is 0.0550. The molecule has 0 spiro atoms. The van der Waals surface area contributed by atoms with Crippen LogP contribution in [0.5, 0.6) is 5.88 Å². The number of rotatable bonds is 4. The van der Waals surface area contributed by atoms with E-state index in [0.717, 1.165) is 36.5 Å². The molecule has 6 nitrogen and oxygen atoms in total. The van der Waals surface area contributed by atoms with Crippen LogP contribution in [0.15, 0.2) is 24.5 Å². The Morgan fingerprint density at radius 2 is 1.96 bits per heavy atom. The van der Waals surface area contributed by atoms with E-state index in [2.05, 4.69) is 33.7 Å². The second kappa shape index (κ2) is 6.83. The van der Waals surface area contributed by atoms with Crippen molar-refractivity contribution < 1.29 is 9.84 Å². The molecule has 0 atom stereocenters. The Balaban J connectivity index is 1.56. The number of aliphatic hydroxyl groups is 1. The van der Waals surface area contributed by atoms with Crippen LogP contribution >= 0.6 is 0 Å². The van der Waals surface area contributed by atoms with Gasteiger partial charge in [0.15, 0.2) is 5.82 Å². The normalized spacial score (nSPS) is 19.4. The number of fused-ring (bicyclic) bond motifs is 1. The minimum Gasteiger partial charge on any atom is -0.474 e. The highest BCUT2D eigenvalue weighted by atomic mass is 16.5. The summed E-state index contributed by atoms with van der Waals surface area (Å²) < 4.78 is 6.03. The van der Waals surface area contributed by atoms with Gasteiger partial charge in [0.2, 0.25) is 5.88 Å². The van der Waals surface area contributed by atoms with Gasteiger partial charge in [0, 0.05) is 29.8 Å². The molecule has 2 aromatic heterocycles. The van der Waals surface area contributed by atoms with Gasteiger partial charge in [0.1, 0.15) is 18.5 Å². The average molecular weight is 354 g/mol. The SMILES string of the molecule is CC1(C)CN(c2ccc(OC3CCCCC3)nc2)c2nc(CO)ncc21. The van der Waals surface area contributed by atoms with Gasteiger partial charge in [0.05, 0.1) is 11.9 Å². The summed E-state index contributed by atoms with van der Waals surface area (Å²) in [5.41, 5.74) is 2.02. The van der Waals surface area contributed by atoms with Crippen LogP contribution in [0.1, 0.15) is 57.3 Å². The van der Waals surface area contributed by atoms with Gasteiger partial charge >= 0.3 is 0 Å². The molecule has 2 aromatic rings. The smallest absolute Gasteiger partial charge is 0.213 e. The van der Waals surface area contributed by atoms with Crippen molar-refractivity contribution in [1.29, 1.82) is 0 Å². The Bertz CT molecular complexity index is 770. The summed E-state index contributed by atoms with van der Waals surface area (Å²) >= 11 is 0. The van der Waals surface area contributed by atoms with Crippen LogP contribution in [-0.4, -0.2) is 32.7 Å². The Morgan fingerprint density at radius 1 is 1.15 bits per heavy atom. The van der Waals surface area contributed by atoms with E-state index in [1.807, 2.05) is 24.5 Å². The van der Waals surface area contributed by atoms with Crippen molar-refractivity contribution in [2.24, 2.45) is 0 Å². The molecular weight excluding hydrogens is 328 g/mol. The van der Waals surface area contributed by atoms with Crippen molar-refractivity contribution >= 4 is 11.5 Å². The third-order valence-electron chi connectivity index (χ3n) is 5.37. The van der Waals surface area contributed by atoms with Crippen LogP contribution in [0.2, 0.25) is 0 Å². The van der Waals surface area contributed by atoms with Crippen LogP contribution in [0, 0.1) is 0 Å². The lowest BCUT2D eigenvalue weighted by Crippen LogP contribution is -2.25. The predicted molar refractivity (Wildman–Crippen MR) is 99.7 cm³/mol. The first-order chi connectivity index (χ1) is 12.6. The van der Waals surface area contributed by atoms with Crippen molar-refractivity contribution in [3.8, 4) is 5.88 Å². The van der Waals surface area contributed by atoms with Gasteiger partial charge in [-0.2, -0.15) is 0 Å². The number of anilines is 2. The van der Waals surface area contributed by atoms with Crippen LogP contribution in [0.25, 0.3) is 0 Å². The van der Waals surface area contributed by atoms with Crippen LogP contribution in [-0.2, 0) is 12.0 Å². The molecule has 0 radical (unpaired) electrons. The lowest BCUT2D eigenvalue weighted by molar-refractivity contribution is 0.148. The number of nitrogens with zero attached hydrogens (tertiary/aromatic N) is 4. The van der Waals surface area contributed by atoms with Crippen molar-refractivity contribution in [2.45, 2.75) is 64.1 Å². The van der Waals surface area contributed by atoms with Crippen molar-refractivity contribution in [3.05, 3.63) is 35.9 Å². The third-order valence-corrected chi connectivity index (χ3v) is 5.37. The topological polar surface area (TPSA) is 71.4 Å². The fourth-order valence-corrected chi connectivity index (χ4v) is 3.89. The fraction of sp³-hybridized carbons (Fsp3) is 0.550. The number of hydrogen-bond donors (Lipinski definition) is 1. The molecule has 1 aliphatic heterocycles. The molecule has 3 heterocycles. The number of aromatic nitrogens is 3. The van der Waals surface area contributed by atoms with Crippen molar-refractivity contribution in [3.63, 3.8) is 0 Å². The van der Waals surface area contributed by atoms with E-state index >= 15 is 0 Å². The maximum absolute atomic E-state index is 9.38. The zero-order valence-electron chi connectivity index (χ0n) is 15.5. The van der Waals surface area contributed by atoms with Gasteiger partial charge < -0.3 is 14.7 Å². The number of aliphatic hydroxyl groups excluding tert-OH is 1. The lowest BCUT2D eigenvalue weighted by Gasteiger charge is -2.23. The summed E-state index contributed by atoms with van der Waals surface area (Å²) in [5.74, 6) is 1.99. The molecular formula is C20H26N4O2. The van der Waals surface area contributed by atoms with Gasteiger partial charge in [-0.05, 0) is 31.7 Å². The molecule has 0 bridgehead atoms. The van der Waals surface area contributed by atoms with E-state index in [1.165, 1.54) is 19.3 Å². The lowest BCUT2D eigenvalue weighted by atomic mass is 9.89. The molecule has 0 amide bonds. The van der Waals surface area contributed by atoms with E-state index in [-0.39, 0.29) is 12.0 Å². The third kappa shape index (κ3) is 3.26. The molecule has 0 saturated heterocycles. The second-order valence-corrected chi connectivity index (χ2v) is 7.88. The van der Waals surface area contributed by atoms with Crippen LogP contribution < -0.4 is 9.64 Å². The first-order valence-corrected chi connectivity index (χ1v) is 9.44. The highest BCUT2D eigenvalue weighted by Crippen LogP contribution is 2.42. The first kappa shape index (κ1) is 17.2. The summed E-state index contributed by atoms with van der Waals surface area (Å²) in [6.45, 7) is 5.01. The van der Waals surface area contributed by atoms with E-state index < -0.39 is 0 Å². The predicted octanol–water partition coefficient (Wildman–Crippen LogP) is 3.50. The molecule has 138 valence electrons. The fourth-order valence-electron chi connectivity index (χ4n) is 3.89. The Hall–Kier alpha value is -2.21.